The van der Waals surface area contributed by atoms with E-state index in [1.165, 1.54) is 34.1 Å². The monoisotopic (exact) mass is 524 g/mol. The van der Waals surface area contributed by atoms with Gasteiger partial charge in [0.15, 0.2) is 11.5 Å². The second-order valence-corrected chi connectivity index (χ2v) is 12.9. The van der Waals surface area contributed by atoms with Crippen molar-refractivity contribution in [2.24, 2.45) is 0 Å². The van der Waals surface area contributed by atoms with Crippen molar-refractivity contribution >= 4 is 35.2 Å². The van der Waals surface area contributed by atoms with Gasteiger partial charge < -0.3 is 15.5 Å². The number of amides is 1. The zero-order valence-corrected chi connectivity index (χ0v) is 22.4. The number of hydrogen-bond acceptors (Lipinski definition) is 3. The molecule has 1 amide bonds. The number of rotatable bonds is 12. The predicted molar refractivity (Wildman–Crippen MR) is 160 cm³/mol. The van der Waals surface area contributed by atoms with Crippen molar-refractivity contribution in [1.29, 1.82) is 0 Å². The van der Waals surface area contributed by atoms with E-state index >= 15 is 0 Å². The highest BCUT2D eigenvalue weighted by Gasteiger charge is 2.44. The van der Waals surface area contributed by atoms with Crippen LogP contribution >= 0.6 is 7.26 Å². The fraction of sp³-hybridized carbons (Fsp3) is 0.182. The highest BCUT2D eigenvalue weighted by atomic mass is 31.2. The fourth-order valence-electron chi connectivity index (χ4n) is 4.80. The van der Waals surface area contributed by atoms with Crippen LogP contribution in [0, 0.1) is 0 Å². The molecule has 4 rings (SSSR count). The molecule has 0 aromatic heterocycles. The molecule has 4 nitrogen and oxygen atoms in total. The maximum atomic E-state index is 12.2. The lowest BCUT2D eigenvalue weighted by molar-refractivity contribution is -0.116. The molecule has 194 valence electrons. The average molecular weight is 525 g/mol. The first kappa shape index (κ1) is 27.2. The lowest BCUT2D eigenvalue weighted by Gasteiger charge is -2.27. The van der Waals surface area contributed by atoms with E-state index in [2.05, 4.69) is 96.3 Å². The molecule has 0 unspecified atom stereocenters. The number of benzene rings is 4. The first-order valence-electron chi connectivity index (χ1n) is 13.1. The van der Waals surface area contributed by atoms with Crippen LogP contribution in [-0.2, 0) is 4.79 Å². The van der Waals surface area contributed by atoms with Gasteiger partial charge >= 0.3 is 0 Å². The van der Waals surface area contributed by atoms with Gasteiger partial charge in [-0.05, 0) is 79.4 Å². The maximum absolute atomic E-state index is 12.2. The second-order valence-electron chi connectivity index (χ2n) is 9.33. The first-order chi connectivity index (χ1) is 18.6. The minimum atomic E-state index is -1.78. The molecule has 0 heterocycles. The number of nitrogens with one attached hydrogen (secondary N) is 1. The normalized spacial score (nSPS) is 11.5. The Morgan fingerprint density at radius 2 is 1.18 bits per heavy atom. The first-order valence-corrected chi connectivity index (χ1v) is 15.1. The van der Waals surface area contributed by atoms with E-state index in [0.29, 0.717) is 12.1 Å². The highest BCUT2D eigenvalue weighted by Crippen LogP contribution is 2.55. The van der Waals surface area contributed by atoms with Crippen LogP contribution in [0.1, 0.15) is 31.2 Å². The molecule has 4 aromatic carbocycles. The van der Waals surface area contributed by atoms with Crippen LogP contribution in [-0.4, -0.2) is 28.8 Å². The molecule has 3 N–H and O–H groups in total. The van der Waals surface area contributed by atoms with Crippen LogP contribution < -0.4 is 21.2 Å². The Hall–Kier alpha value is -3.88. The van der Waals surface area contributed by atoms with Gasteiger partial charge in [0, 0.05) is 12.6 Å². The van der Waals surface area contributed by atoms with Crippen molar-refractivity contribution in [2.75, 3.05) is 12.7 Å². The number of carbonyl (C=O) groups is 1. The molecule has 38 heavy (non-hydrogen) atoms. The number of hydrogen-bond donors (Lipinski definition) is 3. The molecule has 0 spiro atoms. The van der Waals surface area contributed by atoms with E-state index in [9.17, 15) is 15.0 Å². The molecule has 0 saturated carbocycles. The van der Waals surface area contributed by atoms with E-state index in [0.717, 1.165) is 31.8 Å². The molecule has 0 aliphatic carbocycles. The molecular formula is C33H35NO3P+. The number of unbranched alkanes of at least 4 members (excludes halogenated alkanes) is 3. The van der Waals surface area contributed by atoms with Gasteiger partial charge in [0.1, 0.15) is 23.2 Å². The third-order valence-electron chi connectivity index (χ3n) is 6.74. The van der Waals surface area contributed by atoms with E-state index in [4.69, 9.17) is 0 Å². The Kier molecular flexibility index (Phi) is 9.72. The number of phenolic OH excluding ortho intramolecular Hbond substituents is 2. The van der Waals surface area contributed by atoms with Crippen LogP contribution in [0.5, 0.6) is 11.5 Å². The summed E-state index contributed by atoms with van der Waals surface area (Å²) in [6, 6.07) is 37.4. The molecule has 0 fully saturated rings. The van der Waals surface area contributed by atoms with Gasteiger partial charge in [0.25, 0.3) is 0 Å². The Balaban J connectivity index is 1.34. The molecule has 0 aliphatic heterocycles. The summed E-state index contributed by atoms with van der Waals surface area (Å²) in [6.07, 6.45) is 8.37. The van der Waals surface area contributed by atoms with Gasteiger partial charge in [-0.3, -0.25) is 4.79 Å². The summed E-state index contributed by atoms with van der Waals surface area (Å²) < 4.78 is 0. The Morgan fingerprint density at radius 3 is 1.71 bits per heavy atom. The SMILES string of the molecule is O=C(C=Cc1ccc(O)c(O)c1)NCCCCCC[P+](c1ccccc1)(c1ccccc1)c1ccccc1. The summed E-state index contributed by atoms with van der Waals surface area (Å²) in [6.45, 7) is 0.625. The van der Waals surface area contributed by atoms with Crippen molar-refractivity contribution in [2.45, 2.75) is 25.7 Å². The molecule has 0 atom stereocenters. The minimum Gasteiger partial charge on any atom is -0.504 e. The summed E-state index contributed by atoms with van der Waals surface area (Å²) in [5, 5.41) is 26.1. The summed E-state index contributed by atoms with van der Waals surface area (Å²) in [4.78, 5) is 12.2. The van der Waals surface area contributed by atoms with E-state index in [1.807, 2.05) is 0 Å². The Labute approximate surface area is 226 Å². The Morgan fingerprint density at radius 1 is 0.658 bits per heavy atom. The maximum Gasteiger partial charge on any atom is 0.243 e. The lowest BCUT2D eigenvalue weighted by Crippen LogP contribution is -2.33. The van der Waals surface area contributed by atoms with Gasteiger partial charge in [-0.1, -0.05) is 67.1 Å². The van der Waals surface area contributed by atoms with Crippen LogP contribution in [0.3, 0.4) is 0 Å². The standard InChI is InChI=1S/C33H34NO3P/c35-31-22-20-27(26-32(31)36)21-23-33(37)34-24-12-1-2-13-25-38(28-14-6-3-7-15-28,29-16-8-4-9-17-29)30-18-10-5-11-19-30/h3-11,14-23,26H,1-2,12-13,24-25H2,(H2-,34,35,36,37)/p+1. The molecule has 5 heteroatoms. The molecule has 4 aromatic rings. The predicted octanol–water partition coefficient (Wildman–Crippen LogP) is 5.78. The molecule has 0 bridgehead atoms. The molecular weight excluding hydrogens is 489 g/mol. The van der Waals surface area contributed by atoms with E-state index in [1.54, 1.807) is 12.1 Å². The van der Waals surface area contributed by atoms with Crippen molar-refractivity contribution in [3.63, 3.8) is 0 Å². The Bertz CT molecular complexity index is 1230. The van der Waals surface area contributed by atoms with Crippen LogP contribution in [0.2, 0.25) is 0 Å². The van der Waals surface area contributed by atoms with Crippen molar-refractivity contribution in [1.82, 2.24) is 5.32 Å². The summed E-state index contributed by atoms with van der Waals surface area (Å²) in [5.74, 6) is -0.548. The topological polar surface area (TPSA) is 69.6 Å². The quantitative estimate of drug-likeness (QED) is 0.0952. The van der Waals surface area contributed by atoms with Gasteiger partial charge in [-0.25, -0.2) is 0 Å². The molecule has 0 radical (unpaired) electrons. The zero-order valence-electron chi connectivity index (χ0n) is 21.5. The minimum absolute atomic E-state index is 0.167. The number of aromatic hydroxyl groups is 2. The molecule has 0 aliphatic rings. The van der Waals surface area contributed by atoms with Gasteiger partial charge in [0.05, 0.1) is 6.16 Å². The zero-order chi connectivity index (χ0) is 26.6. The smallest absolute Gasteiger partial charge is 0.243 e. The van der Waals surface area contributed by atoms with Gasteiger partial charge in [0.2, 0.25) is 5.91 Å². The summed E-state index contributed by atoms with van der Waals surface area (Å²) >= 11 is 0. The summed E-state index contributed by atoms with van der Waals surface area (Å²) in [5.41, 5.74) is 0.650. The van der Waals surface area contributed by atoms with E-state index in [-0.39, 0.29) is 17.4 Å². The van der Waals surface area contributed by atoms with Crippen LogP contribution in [0.4, 0.5) is 0 Å². The fourth-order valence-corrected chi connectivity index (χ4v) is 9.21. The van der Waals surface area contributed by atoms with Crippen LogP contribution in [0.15, 0.2) is 115 Å². The van der Waals surface area contributed by atoms with Crippen LogP contribution in [0.25, 0.3) is 6.08 Å². The third kappa shape index (κ3) is 6.90. The van der Waals surface area contributed by atoms with Crippen molar-refractivity contribution in [3.8, 4) is 11.5 Å². The number of phenols is 2. The lowest BCUT2D eigenvalue weighted by atomic mass is 10.2. The van der Waals surface area contributed by atoms with Crippen molar-refractivity contribution in [3.05, 3.63) is 121 Å². The average Bonchev–Trinajstić information content (AvgIpc) is 2.97. The molecule has 0 saturated heterocycles. The third-order valence-corrected chi connectivity index (χ3v) is 11.3. The van der Waals surface area contributed by atoms with Crippen molar-refractivity contribution < 1.29 is 15.0 Å². The number of carbonyl (C=O) groups excluding carboxylic acids is 1. The highest BCUT2D eigenvalue weighted by molar-refractivity contribution is 7.95. The van der Waals surface area contributed by atoms with Gasteiger partial charge in [-0.2, -0.15) is 0 Å². The second kappa shape index (κ2) is 13.6. The van der Waals surface area contributed by atoms with Gasteiger partial charge in [-0.15, -0.1) is 0 Å². The summed E-state index contributed by atoms with van der Waals surface area (Å²) in [7, 11) is -1.78. The largest absolute Gasteiger partial charge is 0.504 e. The van der Waals surface area contributed by atoms with E-state index < -0.39 is 7.26 Å².